The number of carbonyl (C=O) groups is 2. The molecular formula is C40H53ClN6O8. The molecule has 3 aromatic carbocycles. The van der Waals surface area contributed by atoms with Gasteiger partial charge in [0.2, 0.25) is 5.91 Å². The molecule has 3 aromatic rings. The van der Waals surface area contributed by atoms with Crippen LogP contribution in [-0.2, 0) is 28.5 Å². The molecule has 1 aliphatic rings. The molecule has 15 heteroatoms. The van der Waals surface area contributed by atoms with E-state index in [-0.39, 0.29) is 30.0 Å². The first-order chi connectivity index (χ1) is 26.7. The second-order valence-electron chi connectivity index (χ2n) is 11.8. The van der Waals surface area contributed by atoms with Gasteiger partial charge in [-0.15, -0.1) is 0 Å². The van der Waals surface area contributed by atoms with E-state index in [1.807, 2.05) is 55.5 Å². The van der Waals surface area contributed by atoms with Crippen LogP contribution >= 0.6 is 11.6 Å². The van der Waals surface area contributed by atoms with Crippen molar-refractivity contribution in [2.75, 3.05) is 97.2 Å². The van der Waals surface area contributed by atoms with Gasteiger partial charge < -0.3 is 39.1 Å². The largest absolute Gasteiger partial charge is 0.491 e. The van der Waals surface area contributed by atoms with E-state index in [9.17, 15) is 9.59 Å². The first-order valence-corrected chi connectivity index (χ1v) is 18.6. The van der Waals surface area contributed by atoms with Gasteiger partial charge in [-0.05, 0) is 56.3 Å². The molecule has 0 aromatic heterocycles. The van der Waals surface area contributed by atoms with Crippen LogP contribution in [0.3, 0.4) is 0 Å². The zero-order valence-corrected chi connectivity index (χ0v) is 32.6. The average molecular weight is 781 g/mol. The molecular weight excluding hydrogens is 728 g/mol. The Bertz CT molecular complexity index is 1660. The topological polar surface area (TPSA) is 177 Å². The molecule has 0 aliphatic carbocycles. The van der Waals surface area contributed by atoms with Crippen LogP contribution in [0, 0.1) is 10.8 Å². The highest BCUT2D eigenvalue weighted by atomic mass is 35.5. The Kier molecular flexibility index (Phi) is 21.3. The number of carbonyl (C=O) groups excluding carboxylic acids is 2. The summed E-state index contributed by atoms with van der Waals surface area (Å²) in [6, 6.07) is 22.0. The number of ether oxygens (including phenoxy) is 6. The lowest BCUT2D eigenvalue weighted by Gasteiger charge is -2.24. The summed E-state index contributed by atoms with van der Waals surface area (Å²) in [4.78, 5) is 28.2. The Morgan fingerprint density at radius 1 is 0.764 bits per heavy atom. The van der Waals surface area contributed by atoms with E-state index in [2.05, 4.69) is 10.6 Å². The number of nitrogens with one attached hydrogen (secondary N) is 4. The van der Waals surface area contributed by atoms with Crippen molar-refractivity contribution < 1.29 is 38.0 Å². The minimum Gasteiger partial charge on any atom is -0.491 e. The van der Waals surface area contributed by atoms with Gasteiger partial charge in [0.25, 0.3) is 5.91 Å². The molecule has 0 spiro atoms. The summed E-state index contributed by atoms with van der Waals surface area (Å²) in [6.07, 6.45) is 0. The number of rotatable bonds is 22. The minimum absolute atomic E-state index is 0.0394. The van der Waals surface area contributed by atoms with Crippen molar-refractivity contribution in [3.63, 3.8) is 0 Å². The quantitative estimate of drug-likeness (QED) is 0.0621. The maximum Gasteiger partial charge on any atom is 0.251 e. The highest BCUT2D eigenvalue weighted by molar-refractivity contribution is 6.31. The fourth-order valence-corrected chi connectivity index (χ4v) is 5.19. The van der Waals surface area contributed by atoms with Gasteiger partial charge in [0.15, 0.2) is 0 Å². The average Bonchev–Trinajstić information content (AvgIpc) is 3.32. The van der Waals surface area contributed by atoms with E-state index >= 15 is 0 Å². The minimum atomic E-state index is -0.115. The fraction of sp³-hybridized carbons (Fsp3) is 0.425. The molecule has 2 amide bonds. The second-order valence-corrected chi connectivity index (χ2v) is 12.3. The smallest absolute Gasteiger partial charge is 0.251 e. The number of halogens is 1. The van der Waals surface area contributed by atoms with Gasteiger partial charge in [-0.3, -0.25) is 30.3 Å². The molecule has 298 valence electrons. The predicted octanol–water partition coefficient (Wildman–Crippen LogP) is 5.01. The van der Waals surface area contributed by atoms with Crippen LogP contribution in [0.5, 0.6) is 5.75 Å². The number of aliphatic imine (C=N–C) groups is 1. The molecule has 0 saturated heterocycles. The van der Waals surface area contributed by atoms with Crippen LogP contribution in [-0.4, -0.2) is 122 Å². The number of benzodiazepines with no additional fused rings is 1. The van der Waals surface area contributed by atoms with E-state index in [1.54, 1.807) is 36.1 Å². The summed E-state index contributed by atoms with van der Waals surface area (Å²) in [5.74, 6) is 1.02. The SMILES string of the molecule is CC(=N)N1C(=N)CN=C(c2ccc(Cl)cc2)c2cc(OCCOCCOCCOCCOCCOCCNC(=O)c3ccccc3)ccc21.CCNC(C)=O. The standard InChI is InChI=1S/C36H44ClN5O7.C4H9NO/c1-27(38)42-33-12-11-31(25-32(33)35(41-26-34(42)39)28-7-9-30(37)10-8-28)49-24-23-48-22-21-47-20-19-46-18-17-45-16-15-44-14-13-40-36(43)29-5-3-2-4-6-29;1-3-5-4(2)6/h2-12,25,38-39H,13-24,26H2,1H3,(H,40,43);3H2,1-2H3,(H,5,6). The molecule has 0 fully saturated rings. The van der Waals surface area contributed by atoms with Crippen molar-refractivity contribution in [3.05, 3.63) is 94.5 Å². The number of hydrogen-bond donors (Lipinski definition) is 4. The van der Waals surface area contributed by atoms with Crippen molar-refractivity contribution >= 4 is 46.5 Å². The Labute approximate surface area is 328 Å². The van der Waals surface area contributed by atoms with Gasteiger partial charge in [-0.25, -0.2) is 0 Å². The van der Waals surface area contributed by atoms with Crippen LogP contribution in [0.25, 0.3) is 0 Å². The molecule has 0 bridgehead atoms. The molecule has 0 radical (unpaired) electrons. The zero-order valence-electron chi connectivity index (χ0n) is 31.9. The Hall–Kier alpha value is -4.70. The molecule has 55 heavy (non-hydrogen) atoms. The Morgan fingerprint density at radius 3 is 1.85 bits per heavy atom. The van der Waals surface area contributed by atoms with Crippen LogP contribution in [0.2, 0.25) is 5.02 Å². The zero-order chi connectivity index (χ0) is 39.7. The Morgan fingerprint density at radius 2 is 1.33 bits per heavy atom. The van der Waals surface area contributed by atoms with E-state index in [0.29, 0.717) is 107 Å². The van der Waals surface area contributed by atoms with Gasteiger partial charge in [-0.2, -0.15) is 0 Å². The third-order valence-corrected chi connectivity index (χ3v) is 7.80. The van der Waals surface area contributed by atoms with E-state index < -0.39 is 0 Å². The van der Waals surface area contributed by atoms with Gasteiger partial charge in [0.1, 0.15) is 24.0 Å². The van der Waals surface area contributed by atoms with E-state index in [1.165, 1.54) is 6.92 Å². The van der Waals surface area contributed by atoms with Crippen LogP contribution in [0.4, 0.5) is 5.69 Å². The lowest BCUT2D eigenvalue weighted by molar-refractivity contribution is -0.118. The van der Waals surface area contributed by atoms with Crippen molar-refractivity contribution in [2.45, 2.75) is 20.8 Å². The maximum absolute atomic E-state index is 11.9. The first kappa shape index (κ1) is 44.7. The number of fused-ring (bicyclic) bond motifs is 1. The number of benzene rings is 3. The van der Waals surface area contributed by atoms with Crippen molar-refractivity contribution in [2.24, 2.45) is 4.99 Å². The van der Waals surface area contributed by atoms with Crippen LogP contribution < -0.4 is 20.3 Å². The fourth-order valence-electron chi connectivity index (χ4n) is 5.06. The molecule has 1 aliphatic heterocycles. The molecule has 0 atom stereocenters. The number of amides is 2. The lowest BCUT2D eigenvalue weighted by Crippen LogP contribution is -2.35. The molecule has 4 rings (SSSR count). The first-order valence-electron chi connectivity index (χ1n) is 18.2. The third kappa shape index (κ3) is 17.1. The third-order valence-electron chi connectivity index (χ3n) is 7.55. The predicted molar refractivity (Wildman–Crippen MR) is 215 cm³/mol. The normalized spacial score (nSPS) is 12.1. The van der Waals surface area contributed by atoms with Crippen LogP contribution in [0.1, 0.15) is 42.3 Å². The van der Waals surface area contributed by atoms with Crippen molar-refractivity contribution in [1.29, 1.82) is 10.8 Å². The molecule has 0 saturated carbocycles. The summed E-state index contributed by atoms with van der Waals surface area (Å²) < 4.78 is 33.6. The van der Waals surface area contributed by atoms with E-state index in [4.69, 9.17) is 55.8 Å². The highest BCUT2D eigenvalue weighted by Gasteiger charge is 2.25. The summed E-state index contributed by atoms with van der Waals surface area (Å²) in [6.45, 7) is 11.1. The van der Waals surface area contributed by atoms with Crippen LogP contribution in [0.15, 0.2) is 77.8 Å². The highest BCUT2D eigenvalue weighted by Crippen LogP contribution is 2.31. The summed E-state index contributed by atoms with van der Waals surface area (Å²) >= 11 is 6.11. The summed E-state index contributed by atoms with van der Waals surface area (Å²) in [5.41, 5.74) is 3.67. The van der Waals surface area contributed by atoms with Crippen molar-refractivity contribution in [1.82, 2.24) is 10.6 Å². The van der Waals surface area contributed by atoms with Crippen molar-refractivity contribution in [3.8, 4) is 5.75 Å². The van der Waals surface area contributed by atoms with Gasteiger partial charge in [0.05, 0.1) is 84.0 Å². The summed E-state index contributed by atoms with van der Waals surface area (Å²) in [7, 11) is 0. The van der Waals surface area contributed by atoms with Gasteiger partial charge >= 0.3 is 0 Å². The number of hydrogen-bond acceptors (Lipinski definition) is 11. The van der Waals surface area contributed by atoms with E-state index in [0.717, 1.165) is 17.7 Å². The second kappa shape index (κ2) is 26.2. The van der Waals surface area contributed by atoms with Gasteiger partial charge in [-0.1, -0.05) is 41.9 Å². The maximum atomic E-state index is 11.9. The summed E-state index contributed by atoms with van der Waals surface area (Å²) in [5, 5.41) is 22.7. The Balaban J connectivity index is 0.00000125. The molecule has 4 N–H and O–H groups in total. The lowest BCUT2D eigenvalue weighted by atomic mass is 9.99. The monoisotopic (exact) mass is 780 g/mol. The molecule has 0 unspecified atom stereocenters. The molecule has 1 heterocycles. The number of amidine groups is 2. The van der Waals surface area contributed by atoms with Gasteiger partial charge in [0, 0.05) is 41.7 Å². The number of nitrogens with zero attached hydrogens (tertiary/aromatic N) is 2. The molecule has 14 nitrogen and oxygen atoms in total. The number of anilines is 1.